The quantitative estimate of drug-likeness (QED) is 0.749. The van der Waals surface area contributed by atoms with E-state index in [4.69, 9.17) is 16.3 Å². The molecule has 0 atom stereocenters. The van der Waals surface area contributed by atoms with Gasteiger partial charge in [-0.15, -0.1) is 11.3 Å². The first-order valence-corrected chi connectivity index (χ1v) is 8.99. The van der Waals surface area contributed by atoms with Crippen LogP contribution in [0, 0.1) is 0 Å². The molecular formula is C11H16ClN3O3S2. The lowest BCUT2D eigenvalue weighted by Gasteiger charge is -2.06. The van der Waals surface area contributed by atoms with Crippen molar-refractivity contribution in [3.05, 3.63) is 16.7 Å². The SMILES string of the molecule is CCCOCCCNS(=O)(=O)c1c(Cl)nc2sccn12. The maximum absolute atomic E-state index is 12.2. The summed E-state index contributed by atoms with van der Waals surface area (Å²) in [6.45, 7) is 3.55. The number of aromatic nitrogens is 2. The normalized spacial score (nSPS) is 12.3. The molecule has 2 heterocycles. The summed E-state index contributed by atoms with van der Waals surface area (Å²) in [7, 11) is -3.67. The van der Waals surface area contributed by atoms with Gasteiger partial charge in [-0.2, -0.15) is 0 Å². The minimum Gasteiger partial charge on any atom is -0.381 e. The Balaban J connectivity index is 2.00. The number of nitrogens with one attached hydrogen (secondary N) is 1. The average Bonchev–Trinajstić information content (AvgIpc) is 2.92. The van der Waals surface area contributed by atoms with Crippen LogP contribution in [0.2, 0.25) is 5.15 Å². The van der Waals surface area contributed by atoms with E-state index in [0.717, 1.165) is 6.42 Å². The van der Waals surface area contributed by atoms with Crippen molar-refractivity contribution in [3.63, 3.8) is 0 Å². The van der Waals surface area contributed by atoms with E-state index in [2.05, 4.69) is 9.71 Å². The van der Waals surface area contributed by atoms with Crippen LogP contribution in [0.15, 0.2) is 16.6 Å². The van der Waals surface area contributed by atoms with Gasteiger partial charge < -0.3 is 4.74 Å². The van der Waals surface area contributed by atoms with Crippen molar-refractivity contribution in [1.29, 1.82) is 0 Å². The van der Waals surface area contributed by atoms with Crippen molar-refractivity contribution in [2.75, 3.05) is 19.8 Å². The summed E-state index contributed by atoms with van der Waals surface area (Å²) in [5.41, 5.74) is 0. The molecule has 6 nitrogen and oxygen atoms in total. The van der Waals surface area contributed by atoms with E-state index in [1.165, 1.54) is 15.7 Å². The lowest BCUT2D eigenvalue weighted by Crippen LogP contribution is -2.26. The Bertz CT molecular complexity index is 666. The molecule has 0 fully saturated rings. The van der Waals surface area contributed by atoms with Gasteiger partial charge in [0.2, 0.25) is 0 Å². The number of imidazole rings is 1. The van der Waals surface area contributed by atoms with Crippen molar-refractivity contribution >= 4 is 37.9 Å². The first-order valence-electron chi connectivity index (χ1n) is 6.24. The summed E-state index contributed by atoms with van der Waals surface area (Å²) >= 11 is 7.24. The molecular weight excluding hydrogens is 322 g/mol. The van der Waals surface area contributed by atoms with Gasteiger partial charge >= 0.3 is 0 Å². The molecule has 0 aliphatic heterocycles. The lowest BCUT2D eigenvalue weighted by molar-refractivity contribution is 0.133. The Kier molecular flexibility index (Phi) is 5.39. The molecule has 0 amide bonds. The maximum Gasteiger partial charge on any atom is 0.259 e. The van der Waals surface area contributed by atoms with Crippen molar-refractivity contribution in [2.24, 2.45) is 0 Å². The predicted octanol–water partition coefficient (Wildman–Crippen LogP) is 2.14. The third-order valence-corrected chi connectivity index (χ3v) is 5.15. The number of nitrogens with zero attached hydrogens (tertiary/aromatic N) is 2. The first kappa shape index (κ1) is 15.7. The minimum atomic E-state index is -3.67. The summed E-state index contributed by atoms with van der Waals surface area (Å²) in [4.78, 5) is 4.57. The second kappa shape index (κ2) is 6.86. The zero-order valence-electron chi connectivity index (χ0n) is 11.0. The third-order valence-electron chi connectivity index (χ3n) is 2.54. The molecule has 0 aromatic carbocycles. The van der Waals surface area contributed by atoms with Crippen molar-refractivity contribution < 1.29 is 13.2 Å². The first-order chi connectivity index (χ1) is 9.56. The fourth-order valence-electron chi connectivity index (χ4n) is 1.67. The van der Waals surface area contributed by atoms with E-state index in [9.17, 15) is 8.42 Å². The van der Waals surface area contributed by atoms with Crippen LogP contribution in [0.4, 0.5) is 0 Å². The molecule has 9 heteroatoms. The van der Waals surface area contributed by atoms with Crippen LogP contribution in [-0.4, -0.2) is 37.6 Å². The standard InChI is InChI=1S/C11H16ClN3O3S2/c1-2-6-18-7-3-4-13-20(16,17)10-9(12)14-11-15(10)5-8-19-11/h5,8,13H,2-4,6-7H2,1H3. The van der Waals surface area contributed by atoms with E-state index in [1.807, 2.05) is 6.92 Å². The molecule has 0 spiro atoms. The molecule has 1 N–H and O–H groups in total. The second-order valence-corrected chi connectivity index (χ2v) is 7.04. The number of fused-ring (bicyclic) bond motifs is 1. The average molecular weight is 338 g/mol. The van der Waals surface area contributed by atoms with Crippen LogP contribution in [0.3, 0.4) is 0 Å². The Morgan fingerprint density at radius 3 is 3.05 bits per heavy atom. The number of hydrogen-bond acceptors (Lipinski definition) is 5. The molecule has 0 bridgehead atoms. The molecule has 0 radical (unpaired) electrons. The Hall–Kier alpha value is -0.670. The largest absolute Gasteiger partial charge is 0.381 e. The van der Waals surface area contributed by atoms with E-state index in [0.29, 0.717) is 31.1 Å². The summed E-state index contributed by atoms with van der Waals surface area (Å²) < 4.78 is 33.7. The highest BCUT2D eigenvalue weighted by Gasteiger charge is 2.24. The van der Waals surface area contributed by atoms with Crippen LogP contribution in [0.5, 0.6) is 0 Å². The van der Waals surface area contributed by atoms with Crippen LogP contribution in [0.25, 0.3) is 4.96 Å². The molecule has 2 aromatic rings. The zero-order chi connectivity index (χ0) is 14.6. The van der Waals surface area contributed by atoms with Crippen LogP contribution >= 0.6 is 22.9 Å². The fourth-order valence-corrected chi connectivity index (χ4v) is 4.20. The highest BCUT2D eigenvalue weighted by Crippen LogP contribution is 2.24. The Morgan fingerprint density at radius 1 is 1.50 bits per heavy atom. The molecule has 0 saturated carbocycles. The molecule has 20 heavy (non-hydrogen) atoms. The zero-order valence-corrected chi connectivity index (χ0v) is 13.4. The smallest absolute Gasteiger partial charge is 0.259 e. The lowest BCUT2D eigenvalue weighted by atomic mass is 10.4. The number of thiazole rings is 1. The fraction of sp³-hybridized carbons (Fsp3) is 0.545. The number of ether oxygens (including phenoxy) is 1. The molecule has 0 aliphatic rings. The minimum absolute atomic E-state index is 0.00779. The van der Waals surface area contributed by atoms with Crippen LogP contribution < -0.4 is 4.72 Å². The van der Waals surface area contributed by atoms with Gasteiger partial charge in [0.1, 0.15) is 0 Å². The summed E-state index contributed by atoms with van der Waals surface area (Å²) in [6, 6.07) is 0. The van der Waals surface area contributed by atoms with Gasteiger partial charge in [-0.25, -0.2) is 18.1 Å². The van der Waals surface area contributed by atoms with Crippen molar-refractivity contribution in [3.8, 4) is 0 Å². The molecule has 112 valence electrons. The number of rotatable bonds is 8. The second-order valence-electron chi connectivity index (χ2n) is 4.13. The van der Waals surface area contributed by atoms with E-state index in [1.54, 1.807) is 11.6 Å². The number of sulfonamides is 1. The Labute approximate surface area is 126 Å². The van der Waals surface area contributed by atoms with Gasteiger partial charge in [0.15, 0.2) is 15.1 Å². The molecule has 2 rings (SSSR count). The van der Waals surface area contributed by atoms with Gasteiger partial charge in [-0.1, -0.05) is 18.5 Å². The summed E-state index contributed by atoms with van der Waals surface area (Å²) in [6.07, 6.45) is 3.20. The van der Waals surface area contributed by atoms with Gasteiger partial charge in [-0.05, 0) is 12.8 Å². The van der Waals surface area contributed by atoms with E-state index >= 15 is 0 Å². The van der Waals surface area contributed by atoms with Gasteiger partial charge in [0, 0.05) is 31.3 Å². The van der Waals surface area contributed by atoms with E-state index in [-0.39, 0.29) is 10.2 Å². The molecule has 0 unspecified atom stereocenters. The van der Waals surface area contributed by atoms with Crippen LogP contribution in [-0.2, 0) is 14.8 Å². The van der Waals surface area contributed by atoms with Gasteiger partial charge in [-0.3, -0.25) is 4.40 Å². The highest BCUT2D eigenvalue weighted by atomic mass is 35.5. The predicted molar refractivity (Wildman–Crippen MR) is 79.0 cm³/mol. The maximum atomic E-state index is 12.2. The van der Waals surface area contributed by atoms with Gasteiger partial charge in [0.05, 0.1) is 0 Å². The Morgan fingerprint density at radius 2 is 2.30 bits per heavy atom. The monoisotopic (exact) mass is 337 g/mol. The topological polar surface area (TPSA) is 72.7 Å². The van der Waals surface area contributed by atoms with Crippen molar-refractivity contribution in [2.45, 2.75) is 24.8 Å². The molecule has 0 aliphatic carbocycles. The summed E-state index contributed by atoms with van der Waals surface area (Å²) in [5.74, 6) is 0. The van der Waals surface area contributed by atoms with Crippen molar-refractivity contribution in [1.82, 2.24) is 14.1 Å². The van der Waals surface area contributed by atoms with E-state index < -0.39 is 10.0 Å². The third kappa shape index (κ3) is 3.50. The summed E-state index contributed by atoms with van der Waals surface area (Å²) in [5, 5.41) is 1.74. The molecule has 0 saturated heterocycles. The number of halogens is 1. The number of hydrogen-bond donors (Lipinski definition) is 1. The van der Waals surface area contributed by atoms with Crippen LogP contribution in [0.1, 0.15) is 19.8 Å². The molecule has 2 aromatic heterocycles. The van der Waals surface area contributed by atoms with Gasteiger partial charge in [0.25, 0.3) is 10.0 Å². The highest BCUT2D eigenvalue weighted by molar-refractivity contribution is 7.89.